The third kappa shape index (κ3) is 5.04. The van der Waals surface area contributed by atoms with Crippen molar-refractivity contribution in [2.45, 2.75) is 6.54 Å². The Kier molecular flexibility index (Phi) is 6.57. The van der Waals surface area contributed by atoms with E-state index in [1.165, 1.54) is 0 Å². The molecule has 6 heteroatoms. The van der Waals surface area contributed by atoms with Crippen LogP contribution < -0.4 is 14.8 Å². The maximum Gasteiger partial charge on any atom is 0.179 e. The minimum absolute atomic E-state index is 0.554. The molecule has 0 saturated carbocycles. The van der Waals surface area contributed by atoms with Gasteiger partial charge < -0.3 is 24.4 Å². The lowest BCUT2D eigenvalue weighted by atomic mass is 10.2. The first-order valence-electron chi connectivity index (χ1n) is 7.17. The molecule has 0 spiro atoms. The Labute approximate surface area is 131 Å². The largest absolute Gasteiger partial charge is 0.486 e. The van der Waals surface area contributed by atoms with E-state index in [9.17, 15) is 0 Å². The summed E-state index contributed by atoms with van der Waals surface area (Å²) in [5.74, 6) is 1.40. The van der Waals surface area contributed by atoms with Crippen LogP contribution in [0.3, 0.4) is 0 Å². The molecule has 0 aliphatic carbocycles. The molecule has 0 aromatic heterocycles. The molecule has 0 atom stereocenters. The van der Waals surface area contributed by atoms with Crippen LogP contribution in [0.1, 0.15) is 5.56 Å². The van der Waals surface area contributed by atoms with E-state index in [4.69, 9.17) is 25.8 Å². The van der Waals surface area contributed by atoms with E-state index in [1.807, 2.05) is 12.1 Å². The molecular formula is C15H23ClN2O3. The van der Waals surface area contributed by atoms with Crippen molar-refractivity contribution in [3.05, 3.63) is 22.7 Å². The van der Waals surface area contributed by atoms with Gasteiger partial charge in [-0.1, -0.05) is 11.6 Å². The predicted molar refractivity (Wildman–Crippen MR) is 83.5 cm³/mol. The highest BCUT2D eigenvalue weighted by Crippen LogP contribution is 2.38. The SMILES string of the molecule is COCCN(C)CCNCc1cc(Cl)c2c(c1)OCCO2. The summed E-state index contributed by atoms with van der Waals surface area (Å²) in [4.78, 5) is 2.23. The van der Waals surface area contributed by atoms with E-state index < -0.39 is 0 Å². The summed E-state index contributed by atoms with van der Waals surface area (Å²) < 4.78 is 16.1. The number of ether oxygens (including phenoxy) is 3. The van der Waals surface area contributed by atoms with Gasteiger partial charge in [0, 0.05) is 33.3 Å². The molecule has 1 aromatic rings. The van der Waals surface area contributed by atoms with Crippen LogP contribution >= 0.6 is 11.6 Å². The second kappa shape index (κ2) is 8.44. The summed E-state index contributed by atoms with van der Waals surface area (Å²) in [6.07, 6.45) is 0. The minimum Gasteiger partial charge on any atom is -0.486 e. The monoisotopic (exact) mass is 314 g/mol. The van der Waals surface area contributed by atoms with Crippen LogP contribution in [0.25, 0.3) is 0 Å². The van der Waals surface area contributed by atoms with Gasteiger partial charge >= 0.3 is 0 Å². The van der Waals surface area contributed by atoms with Crippen LogP contribution in [0.2, 0.25) is 5.02 Å². The normalized spacial score (nSPS) is 13.7. The first kappa shape index (κ1) is 16.4. The van der Waals surface area contributed by atoms with Crippen molar-refractivity contribution >= 4 is 11.6 Å². The molecule has 0 bridgehead atoms. The highest BCUT2D eigenvalue weighted by atomic mass is 35.5. The second-order valence-corrected chi connectivity index (χ2v) is 5.48. The average Bonchev–Trinajstić information content (AvgIpc) is 2.49. The zero-order valence-electron chi connectivity index (χ0n) is 12.7. The number of nitrogens with zero attached hydrogens (tertiary/aromatic N) is 1. The molecule has 0 amide bonds. The first-order valence-corrected chi connectivity index (χ1v) is 7.54. The third-order valence-corrected chi connectivity index (χ3v) is 3.61. The van der Waals surface area contributed by atoms with E-state index in [1.54, 1.807) is 7.11 Å². The Morgan fingerprint density at radius 3 is 2.90 bits per heavy atom. The lowest BCUT2D eigenvalue weighted by Gasteiger charge is -2.20. The number of rotatable bonds is 8. The van der Waals surface area contributed by atoms with Crippen LogP contribution in [0, 0.1) is 0 Å². The molecule has 1 aliphatic rings. The van der Waals surface area contributed by atoms with Gasteiger partial charge in [0.15, 0.2) is 11.5 Å². The van der Waals surface area contributed by atoms with Crippen molar-refractivity contribution in [3.63, 3.8) is 0 Å². The summed E-state index contributed by atoms with van der Waals surface area (Å²) in [6.45, 7) is 5.47. The highest BCUT2D eigenvalue weighted by Gasteiger charge is 2.16. The molecule has 2 rings (SSSR count). The van der Waals surface area contributed by atoms with Gasteiger partial charge in [0.1, 0.15) is 13.2 Å². The van der Waals surface area contributed by atoms with Gasteiger partial charge in [0.2, 0.25) is 0 Å². The summed E-state index contributed by atoms with van der Waals surface area (Å²) in [5, 5.41) is 4.02. The zero-order valence-corrected chi connectivity index (χ0v) is 13.4. The van der Waals surface area contributed by atoms with E-state index >= 15 is 0 Å². The smallest absolute Gasteiger partial charge is 0.179 e. The number of hydrogen-bond donors (Lipinski definition) is 1. The molecule has 1 N–H and O–H groups in total. The van der Waals surface area contributed by atoms with Crippen molar-refractivity contribution in [1.29, 1.82) is 0 Å². The standard InChI is InChI=1S/C15H23ClN2O3/c1-18(5-6-19-2)4-3-17-11-12-9-13(16)15-14(10-12)20-7-8-21-15/h9-10,17H,3-8,11H2,1-2H3. The number of nitrogens with one attached hydrogen (secondary N) is 1. The second-order valence-electron chi connectivity index (χ2n) is 5.07. The Morgan fingerprint density at radius 1 is 1.29 bits per heavy atom. The number of fused-ring (bicyclic) bond motifs is 1. The summed E-state index contributed by atoms with van der Waals surface area (Å²) >= 11 is 6.21. The Balaban J connectivity index is 1.77. The number of halogens is 1. The average molecular weight is 315 g/mol. The molecule has 0 radical (unpaired) electrons. The molecule has 1 aromatic carbocycles. The molecular weight excluding hydrogens is 292 g/mol. The zero-order chi connectivity index (χ0) is 15.1. The quantitative estimate of drug-likeness (QED) is 0.741. The van der Waals surface area contributed by atoms with Gasteiger partial charge in [-0.15, -0.1) is 0 Å². The maximum absolute atomic E-state index is 6.21. The molecule has 118 valence electrons. The lowest BCUT2D eigenvalue weighted by Crippen LogP contribution is -2.31. The highest BCUT2D eigenvalue weighted by molar-refractivity contribution is 6.32. The van der Waals surface area contributed by atoms with Gasteiger partial charge in [-0.2, -0.15) is 0 Å². The van der Waals surface area contributed by atoms with Crippen molar-refractivity contribution in [2.24, 2.45) is 0 Å². The first-order chi connectivity index (χ1) is 10.2. The molecule has 21 heavy (non-hydrogen) atoms. The van der Waals surface area contributed by atoms with Crippen LogP contribution in [-0.2, 0) is 11.3 Å². The van der Waals surface area contributed by atoms with Gasteiger partial charge in [-0.05, 0) is 24.7 Å². The molecule has 5 nitrogen and oxygen atoms in total. The van der Waals surface area contributed by atoms with Crippen LogP contribution in [0.15, 0.2) is 12.1 Å². The van der Waals surface area contributed by atoms with Gasteiger partial charge in [-0.25, -0.2) is 0 Å². The lowest BCUT2D eigenvalue weighted by molar-refractivity contribution is 0.161. The third-order valence-electron chi connectivity index (χ3n) is 3.33. The number of likely N-dealkylation sites (N-methyl/N-ethyl adjacent to an activating group) is 1. The van der Waals surface area contributed by atoms with E-state index in [0.29, 0.717) is 24.0 Å². The molecule has 1 heterocycles. The summed E-state index contributed by atoms with van der Waals surface area (Å²) in [5.41, 5.74) is 1.10. The number of hydrogen-bond acceptors (Lipinski definition) is 5. The fourth-order valence-electron chi connectivity index (χ4n) is 2.13. The summed E-state index contributed by atoms with van der Waals surface area (Å²) in [7, 11) is 3.80. The van der Waals surface area contributed by atoms with Crippen molar-refractivity contribution in [3.8, 4) is 11.5 Å². The van der Waals surface area contributed by atoms with E-state index in [-0.39, 0.29) is 0 Å². The van der Waals surface area contributed by atoms with Crippen LogP contribution in [0.4, 0.5) is 0 Å². The van der Waals surface area contributed by atoms with E-state index in [2.05, 4.69) is 17.3 Å². The van der Waals surface area contributed by atoms with Gasteiger partial charge in [0.05, 0.1) is 11.6 Å². The number of methoxy groups -OCH3 is 1. The molecule has 1 aliphatic heterocycles. The summed E-state index contributed by atoms with van der Waals surface area (Å²) in [6, 6.07) is 3.92. The fraction of sp³-hybridized carbons (Fsp3) is 0.600. The van der Waals surface area contributed by atoms with Gasteiger partial charge in [0.25, 0.3) is 0 Å². The van der Waals surface area contributed by atoms with E-state index in [0.717, 1.165) is 44.1 Å². The minimum atomic E-state index is 0.554. The van der Waals surface area contributed by atoms with Crippen molar-refractivity contribution in [2.75, 3.05) is 53.6 Å². The van der Waals surface area contributed by atoms with Crippen LogP contribution in [0.5, 0.6) is 11.5 Å². The van der Waals surface area contributed by atoms with Crippen LogP contribution in [-0.4, -0.2) is 58.5 Å². The maximum atomic E-state index is 6.21. The Morgan fingerprint density at radius 2 is 2.10 bits per heavy atom. The molecule has 0 saturated heterocycles. The van der Waals surface area contributed by atoms with Gasteiger partial charge in [-0.3, -0.25) is 0 Å². The fourth-order valence-corrected chi connectivity index (χ4v) is 2.42. The molecule has 0 fully saturated rings. The molecule has 0 unspecified atom stereocenters. The Bertz CT molecular complexity index is 457. The van der Waals surface area contributed by atoms with Crippen molar-refractivity contribution < 1.29 is 14.2 Å². The Hall–Kier alpha value is -1.01. The van der Waals surface area contributed by atoms with Crippen molar-refractivity contribution in [1.82, 2.24) is 10.2 Å². The predicted octanol–water partition coefficient (Wildman–Crippen LogP) is 1.78. The number of benzene rings is 1. The topological polar surface area (TPSA) is 43.0 Å².